The Morgan fingerprint density at radius 2 is 2.03 bits per heavy atom. The minimum Gasteiger partial charge on any atom is -0.467 e. The van der Waals surface area contributed by atoms with Crippen LogP contribution in [0.2, 0.25) is 0 Å². The van der Waals surface area contributed by atoms with Crippen LogP contribution in [0.4, 0.5) is 0 Å². The van der Waals surface area contributed by atoms with Gasteiger partial charge in [-0.25, -0.2) is 4.68 Å². The van der Waals surface area contributed by atoms with Crippen molar-refractivity contribution in [2.24, 2.45) is 0 Å². The number of benzene rings is 1. The van der Waals surface area contributed by atoms with E-state index in [9.17, 15) is 4.79 Å². The van der Waals surface area contributed by atoms with Gasteiger partial charge in [0.1, 0.15) is 12.3 Å². The molecule has 35 heavy (non-hydrogen) atoms. The van der Waals surface area contributed by atoms with Crippen molar-refractivity contribution in [3.8, 4) is 0 Å². The van der Waals surface area contributed by atoms with Crippen LogP contribution in [0.3, 0.4) is 0 Å². The highest BCUT2D eigenvalue weighted by Crippen LogP contribution is 2.33. The van der Waals surface area contributed by atoms with Gasteiger partial charge in [0.05, 0.1) is 17.8 Å². The van der Waals surface area contributed by atoms with Crippen LogP contribution in [-0.4, -0.2) is 36.1 Å². The average molecular weight is 475 g/mol. The molecule has 1 fully saturated rings. The minimum absolute atomic E-state index is 0.00193. The second-order valence-electron chi connectivity index (χ2n) is 9.76. The van der Waals surface area contributed by atoms with Gasteiger partial charge in [-0.05, 0) is 78.2 Å². The summed E-state index contributed by atoms with van der Waals surface area (Å²) in [5.41, 5.74) is 4.00. The fraction of sp³-hybridized carbons (Fsp3) is 0.481. The Hall–Kier alpha value is -3.26. The van der Waals surface area contributed by atoms with Gasteiger partial charge in [-0.3, -0.25) is 9.69 Å². The molecule has 4 aromatic rings. The monoisotopic (exact) mass is 474 g/mol. The minimum atomic E-state index is -0.0166. The number of rotatable bonds is 8. The Morgan fingerprint density at radius 3 is 2.77 bits per heavy atom. The first kappa shape index (κ1) is 23.5. The Kier molecular flexibility index (Phi) is 6.81. The van der Waals surface area contributed by atoms with Crippen LogP contribution < -0.4 is 5.56 Å². The van der Waals surface area contributed by atoms with Crippen molar-refractivity contribution in [1.82, 2.24) is 30.1 Å². The van der Waals surface area contributed by atoms with Crippen LogP contribution in [-0.2, 0) is 13.1 Å². The number of hydrogen-bond donors (Lipinski definition) is 1. The molecule has 1 aliphatic carbocycles. The molecule has 0 radical (unpaired) electrons. The van der Waals surface area contributed by atoms with Crippen LogP contribution in [0, 0.1) is 13.8 Å². The van der Waals surface area contributed by atoms with Crippen molar-refractivity contribution in [3.05, 3.63) is 75.2 Å². The zero-order valence-electron chi connectivity index (χ0n) is 20.8. The van der Waals surface area contributed by atoms with Crippen LogP contribution in [0.5, 0.6) is 0 Å². The Morgan fingerprint density at radius 1 is 1.20 bits per heavy atom. The third kappa shape index (κ3) is 4.80. The fourth-order valence-corrected chi connectivity index (χ4v) is 5.47. The smallest absolute Gasteiger partial charge is 0.252 e. The Bertz CT molecular complexity index is 1330. The number of aromatic nitrogens is 5. The van der Waals surface area contributed by atoms with Crippen molar-refractivity contribution in [1.29, 1.82) is 0 Å². The van der Waals surface area contributed by atoms with E-state index in [0.29, 0.717) is 19.1 Å². The molecule has 1 atom stereocenters. The lowest BCUT2D eigenvalue weighted by molar-refractivity contribution is 0.0842. The van der Waals surface area contributed by atoms with Gasteiger partial charge in [0.15, 0.2) is 5.82 Å². The van der Waals surface area contributed by atoms with Crippen molar-refractivity contribution >= 4 is 10.9 Å². The lowest BCUT2D eigenvalue weighted by Gasteiger charge is -2.39. The highest BCUT2D eigenvalue weighted by atomic mass is 16.3. The van der Waals surface area contributed by atoms with E-state index in [2.05, 4.69) is 64.4 Å². The highest BCUT2D eigenvalue weighted by Gasteiger charge is 2.32. The molecule has 0 saturated heterocycles. The number of nitrogens with one attached hydrogen (secondary N) is 1. The number of hydrogen-bond acceptors (Lipinski definition) is 6. The molecule has 8 nitrogen and oxygen atoms in total. The van der Waals surface area contributed by atoms with E-state index in [1.54, 1.807) is 6.26 Å². The average Bonchev–Trinajstić information content (AvgIpc) is 3.56. The standard InChI is InChI=1S/C27H34N6O2/c1-4-24(26-29-30-31-33(26)17-23-11-8-14-35-23)32(22-9-6-5-7-10-22)16-21-15-20-13-12-18(2)19(3)25(20)28-27(21)34/h8,11-15,22,24H,4-7,9-10,16-17H2,1-3H3,(H,28,34)/t24-/m0/s1. The van der Waals surface area contributed by atoms with Crippen LogP contribution in [0.25, 0.3) is 10.9 Å². The van der Waals surface area contributed by atoms with Gasteiger partial charge in [-0.1, -0.05) is 38.3 Å². The summed E-state index contributed by atoms with van der Waals surface area (Å²) in [4.78, 5) is 18.9. The lowest BCUT2D eigenvalue weighted by Crippen LogP contribution is -2.41. The SMILES string of the molecule is CC[C@@H](c1nnnn1Cc1ccco1)N(Cc1cc2ccc(C)c(C)c2[nH]c1=O)C1CCCCC1. The predicted octanol–water partition coefficient (Wildman–Crippen LogP) is 5.06. The van der Waals surface area contributed by atoms with E-state index in [-0.39, 0.29) is 11.6 Å². The molecule has 8 heteroatoms. The number of nitrogens with zero attached hydrogens (tertiary/aromatic N) is 5. The van der Waals surface area contributed by atoms with Crippen molar-refractivity contribution in [3.63, 3.8) is 0 Å². The highest BCUT2D eigenvalue weighted by molar-refractivity contribution is 5.83. The molecule has 3 aromatic heterocycles. The molecular formula is C27H34N6O2. The van der Waals surface area contributed by atoms with Gasteiger partial charge in [0.25, 0.3) is 5.56 Å². The molecule has 0 amide bonds. The molecule has 1 aromatic carbocycles. The Balaban J connectivity index is 1.52. The maximum atomic E-state index is 13.3. The molecule has 184 valence electrons. The normalized spacial score (nSPS) is 15.8. The van der Waals surface area contributed by atoms with Crippen LogP contribution >= 0.6 is 0 Å². The van der Waals surface area contributed by atoms with E-state index < -0.39 is 0 Å². The summed E-state index contributed by atoms with van der Waals surface area (Å²) >= 11 is 0. The number of H-pyrrole nitrogens is 1. The number of pyridine rings is 1. The van der Waals surface area contributed by atoms with Gasteiger partial charge >= 0.3 is 0 Å². The first-order valence-electron chi connectivity index (χ1n) is 12.7. The number of furan rings is 1. The molecule has 0 unspecified atom stereocenters. The zero-order valence-corrected chi connectivity index (χ0v) is 20.8. The van der Waals surface area contributed by atoms with Crippen LogP contribution in [0.15, 0.2) is 45.8 Å². The number of fused-ring (bicyclic) bond motifs is 1. The van der Waals surface area contributed by atoms with Gasteiger partial charge in [0.2, 0.25) is 0 Å². The summed E-state index contributed by atoms with van der Waals surface area (Å²) in [7, 11) is 0. The first-order valence-corrected chi connectivity index (χ1v) is 12.7. The van der Waals surface area contributed by atoms with Crippen molar-refractivity contribution in [2.45, 2.75) is 84.5 Å². The molecule has 1 N–H and O–H groups in total. The molecule has 1 saturated carbocycles. The maximum absolute atomic E-state index is 13.3. The van der Waals surface area contributed by atoms with Gasteiger partial charge in [-0.2, -0.15) is 0 Å². The van der Waals surface area contributed by atoms with Gasteiger partial charge in [0, 0.05) is 18.2 Å². The largest absolute Gasteiger partial charge is 0.467 e. The summed E-state index contributed by atoms with van der Waals surface area (Å²) in [5.74, 6) is 1.63. The van der Waals surface area contributed by atoms with E-state index in [4.69, 9.17) is 4.42 Å². The summed E-state index contributed by atoms with van der Waals surface area (Å²) in [6.45, 7) is 7.36. The lowest BCUT2D eigenvalue weighted by atomic mass is 9.92. The molecule has 5 rings (SSSR count). The fourth-order valence-electron chi connectivity index (χ4n) is 5.47. The zero-order chi connectivity index (χ0) is 24.4. The van der Waals surface area contributed by atoms with E-state index >= 15 is 0 Å². The molecule has 0 aliphatic heterocycles. The van der Waals surface area contributed by atoms with E-state index in [1.165, 1.54) is 24.8 Å². The van der Waals surface area contributed by atoms with Crippen molar-refractivity contribution < 1.29 is 4.42 Å². The summed E-state index contributed by atoms with van der Waals surface area (Å²) in [6.07, 6.45) is 8.45. The van der Waals surface area contributed by atoms with Crippen molar-refractivity contribution in [2.75, 3.05) is 0 Å². The van der Waals surface area contributed by atoms with E-state index in [1.807, 2.05) is 16.8 Å². The molecule has 0 spiro atoms. The number of aryl methyl sites for hydroxylation is 2. The second-order valence-corrected chi connectivity index (χ2v) is 9.76. The third-order valence-corrected chi connectivity index (χ3v) is 7.55. The Labute approximate surface area is 205 Å². The maximum Gasteiger partial charge on any atom is 0.252 e. The summed E-state index contributed by atoms with van der Waals surface area (Å²) in [5, 5.41) is 13.8. The second kappa shape index (κ2) is 10.2. The predicted molar refractivity (Wildman–Crippen MR) is 135 cm³/mol. The molecule has 0 bridgehead atoms. The third-order valence-electron chi connectivity index (χ3n) is 7.55. The van der Waals surface area contributed by atoms with E-state index in [0.717, 1.165) is 52.9 Å². The number of tetrazole rings is 1. The summed E-state index contributed by atoms with van der Waals surface area (Å²) < 4.78 is 7.38. The quantitative estimate of drug-likeness (QED) is 0.384. The number of aromatic amines is 1. The first-order chi connectivity index (χ1) is 17.0. The molecular weight excluding hydrogens is 440 g/mol. The summed E-state index contributed by atoms with van der Waals surface area (Å²) in [6, 6.07) is 10.5. The van der Waals surface area contributed by atoms with Gasteiger partial charge in [-0.15, -0.1) is 5.10 Å². The molecule has 3 heterocycles. The topological polar surface area (TPSA) is 92.8 Å². The van der Waals surface area contributed by atoms with Gasteiger partial charge < -0.3 is 9.40 Å². The van der Waals surface area contributed by atoms with Crippen LogP contribution in [0.1, 0.15) is 79.8 Å². The molecule has 1 aliphatic rings.